The molecule has 0 radical (unpaired) electrons. The molecule has 0 saturated carbocycles. The predicted molar refractivity (Wildman–Crippen MR) is 69.1 cm³/mol. The third-order valence-electron chi connectivity index (χ3n) is 2.21. The molecule has 0 aromatic carbocycles. The van der Waals surface area contributed by atoms with Gasteiger partial charge in [-0.25, -0.2) is 4.98 Å². The van der Waals surface area contributed by atoms with Gasteiger partial charge in [-0.05, 0) is 47.6 Å². The summed E-state index contributed by atoms with van der Waals surface area (Å²) >= 11 is 1.69. The molecule has 0 aliphatic rings. The van der Waals surface area contributed by atoms with Crippen LogP contribution in [-0.4, -0.2) is 22.8 Å². The Morgan fingerprint density at radius 1 is 1.31 bits per heavy atom. The average molecular weight is 242 g/mol. The Kier molecular flexibility index (Phi) is 4.87. The van der Waals surface area contributed by atoms with Crippen LogP contribution < -0.4 is 5.32 Å². The lowest BCUT2D eigenvalue weighted by molar-refractivity contribution is 0.424. The maximum Gasteiger partial charge on any atom is 0.256 e. The summed E-state index contributed by atoms with van der Waals surface area (Å²) in [6.45, 7) is 11.5. The standard InChI is InChI=1S/C12H22N2OS/c1-9-10(2)15-11(14-9)16-8-6-7-13-12(3,4)5/h13H,6-8H2,1-5H3. The second-order valence-corrected chi connectivity index (χ2v) is 6.05. The first-order chi connectivity index (χ1) is 7.38. The van der Waals surface area contributed by atoms with Crippen molar-refractivity contribution in [1.29, 1.82) is 0 Å². The highest BCUT2D eigenvalue weighted by molar-refractivity contribution is 7.99. The molecule has 0 aliphatic carbocycles. The summed E-state index contributed by atoms with van der Waals surface area (Å²) in [6.07, 6.45) is 1.13. The monoisotopic (exact) mass is 242 g/mol. The number of nitrogens with zero attached hydrogens (tertiary/aromatic N) is 1. The summed E-state index contributed by atoms with van der Waals surface area (Å²) in [5.74, 6) is 1.97. The van der Waals surface area contributed by atoms with Gasteiger partial charge < -0.3 is 9.73 Å². The van der Waals surface area contributed by atoms with E-state index < -0.39 is 0 Å². The predicted octanol–water partition coefficient (Wildman–Crippen LogP) is 3.16. The number of aromatic nitrogens is 1. The van der Waals surface area contributed by atoms with Crippen molar-refractivity contribution >= 4 is 11.8 Å². The molecule has 0 aliphatic heterocycles. The molecule has 1 aromatic rings. The Balaban J connectivity index is 2.16. The van der Waals surface area contributed by atoms with Gasteiger partial charge in [0.1, 0.15) is 5.76 Å². The van der Waals surface area contributed by atoms with Gasteiger partial charge >= 0.3 is 0 Å². The molecule has 16 heavy (non-hydrogen) atoms. The summed E-state index contributed by atoms with van der Waals surface area (Å²) in [4.78, 5) is 4.33. The normalized spacial score (nSPS) is 12.1. The fourth-order valence-corrected chi connectivity index (χ4v) is 2.05. The number of oxazole rings is 1. The zero-order chi connectivity index (χ0) is 12.2. The maximum atomic E-state index is 5.49. The van der Waals surface area contributed by atoms with Gasteiger partial charge in [-0.3, -0.25) is 0 Å². The van der Waals surface area contributed by atoms with Gasteiger partial charge in [0.15, 0.2) is 0 Å². The van der Waals surface area contributed by atoms with E-state index in [2.05, 4.69) is 31.1 Å². The van der Waals surface area contributed by atoms with Crippen molar-refractivity contribution in [1.82, 2.24) is 10.3 Å². The number of nitrogens with one attached hydrogen (secondary N) is 1. The van der Waals surface area contributed by atoms with Crippen LogP contribution in [0.4, 0.5) is 0 Å². The second kappa shape index (κ2) is 5.73. The van der Waals surface area contributed by atoms with Crippen LogP contribution in [0.5, 0.6) is 0 Å². The molecule has 0 fully saturated rings. The van der Waals surface area contributed by atoms with Gasteiger partial charge in [-0.1, -0.05) is 11.8 Å². The van der Waals surface area contributed by atoms with Gasteiger partial charge in [-0.2, -0.15) is 0 Å². The molecule has 0 atom stereocenters. The fraction of sp³-hybridized carbons (Fsp3) is 0.750. The van der Waals surface area contributed by atoms with E-state index in [1.54, 1.807) is 11.8 Å². The molecule has 1 aromatic heterocycles. The highest BCUT2D eigenvalue weighted by Crippen LogP contribution is 2.20. The van der Waals surface area contributed by atoms with Crippen molar-refractivity contribution in [3.05, 3.63) is 11.5 Å². The molecular weight excluding hydrogens is 220 g/mol. The van der Waals surface area contributed by atoms with E-state index in [9.17, 15) is 0 Å². The van der Waals surface area contributed by atoms with Crippen LogP contribution in [0.25, 0.3) is 0 Å². The molecule has 0 spiro atoms. The van der Waals surface area contributed by atoms with Crippen LogP contribution in [-0.2, 0) is 0 Å². The van der Waals surface area contributed by atoms with Gasteiger partial charge in [0.25, 0.3) is 5.22 Å². The summed E-state index contributed by atoms with van der Waals surface area (Å²) in [5, 5.41) is 4.26. The Bertz CT molecular complexity index is 309. The third-order valence-corrected chi connectivity index (χ3v) is 3.13. The van der Waals surface area contributed by atoms with Crippen molar-refractivity contribution in [3.8, 4) is 0 Å². The minimum absolute atomic E-state index is 0.209. The molecule has 92 valence electrons. The first kappa shape index (κ1) is 13.6. The Morgan fingerprint density at radius 2 is 2.00 bits per heavy atom. The minimum Gasteiger partial charge on any atom is -0.437 e. The van der Waals surface area contributed by atoms with Gasteiger partial charge in [-0.15, -0.1) is 0 Å². The van der Waals surface area contributed by atoms with Gasteiger partial charge in [0.05, 0.1) is 5.69 Å². The van der Waals surface area contributed by atoms with Crippen molar-refractivity contribution in [3.63, 3.8) is 0 Å². The van der Waals surface area contributed by atoms with Crippen LogP contribution in [0.2, 0.25) is 0 Å². The number of rotatable bonds is 5. The smallest absolute Gasteiger partial charge is 0.256 e. The van der Waals surface area contributed by atoms with E-state index in [0.29, 0.717) is 0 Å². The third kappa shape index (κ3) is 5.03. The van der Waals surface area contributed by atoms with E-state index in [-0.39, 0.29) is 5.54 Å². The lowest BCUT2D eigenvalue weighted by atomic mass is 10.1. The molecule has 0 saturated heterocycles. The Labute approximate surface area is 102 Å². The molecular formula is C12H22N2OS. The number of aryl methyl sites for hydroxylation is 2. The molecule has 0 bridgehead atoms. The van der Waals surface area contributed by atoms with E-state index in [1.165, 1.54) is 0 Å². The largest absolute Gasteiger partial charge is 0.437 e. The zero-order valence-corrected chi connectivity index (χ0v) is 11.7. The molecule has 4 heteroatoms. The summed E-state index contributed by atoms with van der Waals surface area (Å²) in [5.41, 5.74) is 1.20. The minimum atomic E-state index is 0.209. The van der Waals surface area contributed by atoms with Crippen LogP contribution in [0.1, 0.15) is 38.6 Å². The topological polar surface area (TPSA) is 38.1 Å². The van der Waals surface area contributed by atoms with Gasteiger partial charge in [0.2, 0.25) is 0 Å². The quantitative estimate of drug-likeness (QED) is 0.636. The van der Waals surface area contributed by atoms with E-state index >= 15 is 0 Å². The van der Waals surface area contributed by atoms with Crippen molar-refractivity contribution < 1.29 is 4.42 Å². The van der Waals surface area contributed by atoms with Crippen molar-refractivity contribution in [2.24, 2.45) is 0 Å². The number of hydrogen-bond acceptors (Lipinski definition) is 4. The van der Waals surface area contributed by atoms with Gasteiger partial charge in [0, 0.05) is 11.3 Å². The number of thioether (sulfide) groups is 1. The van der Waals surface area contributed by atoms with Crippen LogP contribution in [0.3, 0.4) is 0 Å². The first-order valence-corrected chi connectivity index (χ1v) is 6.69. The maximum absolute atomic E-state index is 5.49. The molecule has 1 rings (SSSR count). The fourth-order valence-electron chi connectivity index (χ4n) is 1.20. The lowest BCUT2D eigenvalue weighted by Gasteiger charge is -2.20. The molecule has 3 nitrogen and oxygen atoms in total. The second-order valence-electron chi connectivity index (χ2n) is 5.00. The van der Waals surface area contributed by atoms with Crippen molar-refractivity contribution in [2.75, 3.05) is 12.3 Å². The summed E-state index contributed by atoms with van der Waals surface area (Å²) in [6, 6.07) is 0. The zero-order valence-electron chi connectivity index (χ0n) is 10.9. The van der Waals surface area contributed by atoms with Crippen LogP contribution in [0, 0.1) is 13.8 Å². The first-order valence-electron chi connectivity index (χ1n) is 5.70. The van der Waals surface area contributed by atoms with Crippen LogP contribution >= 0.6 is 11.8 Å². The van der Waals surface area contributed by atoms with E-state index in [1.807, 2.05) is 13.8 Å². The molecule has 0 amide bonds. The molecule has 1 N–H and O–H groups in total. The highest BCUT2D eigenvalue weighted by Gasteiger charge is 2.08. The highest BCUT2D eigenvalue weighted by atomic mass is 32.2. The molecule has 0 unspecified atom stereocenters. The van der Waals surface area contributed by atoms with E-state index in [0.717, 1.165) is 35.4 Å². The van der Waals surface area contributed by atoms with Crippen LogP contribution in [0.15, 0.2) is 9.64 Å². The van der Waals surface area contributed by atoms with Crippen molar-refractivity contribution in [2.45, 2.75) is 51.8 Å². The lowest BCUT2D eigenvalue weighted by Crippen LogP contribution is -2.36. The average Bonchev–Trinajstić information content (AvgIpc) is 2.44. The Hall–Kier alpha value is -0.480. The molecule has 1 heterocycles. The Morgan fingerprint density at radius 3 is 2.50 bits per heavy atom. The summed E-state index contributed by atoms with van der Waals surface area (Å²) in [7, 11) is 0. The summed E-state index contributed by atoms with van der Waals surface area (Å²) < 4.78 is 5.49. The SMILES string of the molecule is Cc1nc(SCCCNC(C)(C)C)oc1C. The number of hydrogen-bond donors (Lipinski definition) is 1. The van der Waals surface area contributed by atoms with E-state index in [4.69, 9.17) is 4.42 Å².